The summed E-state index contributed by atoms with van der Waals surface area (Å²) in [5, 5.41) is 0. The highest BCUT2D eigenvalue weighted by Gasteiger charge is 2.11. The molecule has 0 aliphatic rings. The van der Waals surface area contributed by atoms with Gasteiger partial charge >= 0.3 is 0 Å². The topological polar surface area (TPSA) is 17.1 Å². The van der Waals surface area contributed by atoms with Crippen LogP contribution in [0.4, 0.5) is 0 Å². The number of benzene rings is 1. The highest BCUT2D eigenvalue weighted by atomic mass is 16.1. The van der Waals surface area contributed by atoms with Crippen LogP contribution < -0.4 is 0 Å². The van der Waals surface area contributed by atoms with Crippen molar-refractivity contribution in [1.82, 2.24) is 0 Å². The highest BCUT2D eigenvalue weighted by Crippen LogP contribution is 2.26. The van der Waals surface area contributed by atoms with Crippen LogP contribution in [0.1, 0.15) is 62.5 Å². The number of allylic oxidation sites excluding steroid dienone is 2. The molecule has 1 heteroatoms. The summed E-state index contributed by atoms with van der Waals surface area (Å²) in [4.78, 5) is 11.5. The summed E-state index contributed by atoms with van der Waals surface area (Å²) in [6.45, 7) is 11.8. The van der Waals surface area contributed by atoms with Crippen LogP contribution in [-0.2, 0) is 0 Å². The summed E-state index contributed by atoms with van der Waals surface area (Å²) >= 11 is 0. The molecule has 94 valence electrons. The average Bonchev–Trinajstić information content (AvgIpc) is 2.34. The van der Waals surface area contributed by atoms with Crippen molar-refractivity contribution >= 4 is 11.4 Å². The van der Waals surface area contributed by atoms with Gasteiger partial charge in [-0.1, -0.05) is 45.0 Å². The second kappa shape index (κ2) is 7.83. The molecule has 0 radical (unpaired) electrons. The molecule has 1 rings (SSSR count). The first-order chi connectivity index (χ1) is 8.11. The van der Waals surface area contributed by atoms with E-state index in [1.54, 1.807) is 6.92 Å². The molecule has 17 heavy (non-hydrogen) atoms. The Hall–Kier alpha value is -1.37. The lowest BCUT2D eigenvalue weighted by Crippen LogP contribution is -2.01. The van der Waals surface area contributed by atoms with Gasteiger partial charge in [0.25, 0.3) is 0 Å². The summed E-state index contributed by atoms with van der Waals surface area (Å²) in [5.41, 5.74) is 4.39. The maximum Gasteiger partial charge on any atom is 0.160 e. The molecular weight excluding hydrogens is 208 g/mol. The zero-order valence-electron chi connectivity index (χ0n) is 11.9. The molecule has 1 nitrogen and oxygen atoms in total. The number of rotatable bonds is 3. The van der Waals surface area contributed by atoms with Gasteiger partial charge in [-0.25, -0.2) is 0 Å². The molecule has 0 bridgehead atoms. The Morgan fingerprint density at radius 3 is 2.29 bits per heavy atom. The second-order valence-electron chi connectivity index (χ2n) is 3.72. The number of hydrogen-bond acceptors (Lipinski definition) is 1. The Kier molecular flexibility index (Phi) is 7.20. The van der Waals surface area contributed by atoms with Crippen molar-refractivity contribution in [3.05, 3.63) is 41.0 Å². The first kappa shape index (κ1) is 15.6. The van der Waals surface area contributed by atoms with E-state index in [-0.39, 0.29) is 5.78 Å². The molecule has 0 N–H and O–H groups in total. The van der Waals surface area contributed by atoms with Crippen LogP contribution in [0, 0.1) is 6.92 Å². The van der Waals surface area contributed by atoms with Crippen LogP contribution in [0.25, 0.3) is 5.57 Å². The Labute approximate surface area is 106 Å². The third kappa shape index (κ3) is 3.85. The second-order valence-corrected chi connectivity index (χ2v) is 3.72. The standard InChI is InChI=1S/C14H18O.C2H6/c1-5-12(6-2)14-10(3)8-7-9-13(14)11(4)15;1-2/h5,7-9H,6H2,1-4H3;1-2H3/b12-5-;. The van der Waals surface area contributed by atoms with Gasteiger partial charge in [0.2, 0.25) is 0 Å². The van der Waals surface area contributed by atoms with E-state index in [9.17, 15) is 4.79 Å². The lowest BCUT2D eigenvalue weighted by molar-refractivity contribution is 0.101. The van der Waals surface area contributed by atoms with Gasteiger partial charge in [-0.3, -0.25) is 4.79 Å². The van der Waals surface area contributed by atoms with Crippen molar-refractivity contribution in [3.63, 3.8) is 0 Å². The summed E-state index contributed by atoms with van der Waals surface area (Å²) in [6, 6.07) is 5.91. The van der Waals surface area contributed by atoms with Crippen LogP contribution in [0.15, 0.2) is 24.3 Å². The Balaban J connectivity index is 0.00000121. The average molecular weight is 232 g/mol. The van der Waals surface area contributed by atoms with Crippen LogP contribution in [-0.4, -0.2) is 5.78 Å². The Morgan fingerprint density at radius 2 is 1.88 bits per heavy atom. The third-order valence-electron chi connectivity index (χ3n) is 2.70. The maximum atomic E-state index is 11.5. The van der Waals surface area contributed by atoms with E-state index in [1.165, 1.54) is 11.1 Å². The summed E-state index contributed by atoms with van der Waals surface area (Å²) in [6.07, 6.45) is 3.05. The lowest BCUT2D eigenvalue weighted by Gasteiger charge is -2.12. The quantitative estimate of drug-likeness (QED) is 0.667. The zero-order valence-corrected chi connectivity index (χ0v) is 11.9. The number of hydrogen-bond donors (Lipinski definition) is 0. The fourth-order valence-electron chi connectivity index (χ4n) is 1.91. The maximum absolute atomic E-state index is 11.5. The first-order valence-corrected chi connectivity index (χ1v) is 6.37. The van der Waals surface area contributed by atoms with E-state index in [4.69, 9.17) is 0 Å². The van der Waals surface area contributed by atoms with Gasteiger partial charge in [0, 0.05) is 5.56 Å². The predicted octanol–water partition coefficient (Wildman–Crippen LogP) is 5.04. The molecule has 0 saturated carbocycles. The van der Waals surface area contributed by atoms with E-state index in [0.29, 0.717) is 0 Å². The smallest absolute Gasteiger partial charge is 0.160 e. The van der Waals surface area contributed by atoms with E-state index in [0.717, 1.165) is 17.5 Å². The van der Waals surface area contributed by atoms with E-state index >= 15 is 0 Å². The van der Waals surface area contributed by atoms with Crippen LogP contribution in [0.2, 0.25) is 0 Å². The summed E-state index contributed by atoms with van der Waals surface area (Å²) in [5.74, 6) is 0.140. The predicted molar refractivity (Wildman–Crippen MR) is 76.5 cm³/mol. The zero-order chi connectivity index (χ0) is 13.4. The molecule has 0 aliphatic carbocycles. The minimum Gasteiger partial charge on any atom is -0.294 e. The summed E-state index contributed by atoms with van der Waals surface area (Å²) < 4.78 is 0. The van der Waals surface area contributed by atoms with Crippen molar-refractivity contribution in [3.8, 4) is 0 Å². The van der Waals surface area contributed by atoms with Gasteiger partial charge in [-0.15, -0.1) is 0 Å². The van der Waals surface area contributed by atoms with Crippen molar-refractivity contribution in [2.75, 3.05) is 0 Å². The monoisotopic (exact) mass is 232 g/mol. The number of carbonyl (C=O) groups is 1. The van der Waals surface area contributed by atoms with Gasteiger partial charge in [-0.2, -0.15) is 0 Å². The molecule has 0 spiro atoms. The van der Waals surface area contributed by atoms with Crippen molar-refractivity contribution in [2.24, 2.45) is 0 Å². The van der Waals surface area contributed by atoms with Gasteiger partial charge in [0.1, 0.15) is 0 Å². The van der Waals surface area contributed by atoms with Gasteiger partial charge < -0.3 is 0 Å². The Morgan fingerprint density at radius 1 is 1.29 bits per heavy atom. The fraction of sp³-hybridized carbons (Fsp3) is 0.438. The molecule has 1 aromatic rings. The van der Waals surface area contributed by atoms with Gasteiger partial charge in [0.15, 0.2) is 5.78 Å². The van der Waals surface area contributed by atoms with Crippen LogP contribution >= 0.6 is 0 Å². The SMILES string of the molecule is C/C=C(/CC)c1c(C)cccc1C(C)=O.CC. The fourth-order valence-corrected chi connectivity index (χ4v) is 1.91. The molecule has 0 saturated heterocycles. The van der Waals surface area contributed by atoms with Crippen molar-refractivity contribution in [2.45, 2.75) is 48.0 Å². The number of carbonyl (C=O) groups excluding carboxylic acids is 1. The highest BCUT2D eigenvalue weighted by molar-refractivity contribution is 5.99. The minimum atomic E-state index is 0.140. The van der Waals surface area contributed by atoms with E-state index in [2.05, 4.69) is 26.0 Å². The summed E-state index contributed by atoms with van der Waals surface area (Å²) in [7, 11) is 0. The van der Waals surface area contributed by atoms with Crippen molar-refractivity contribution < 1.29 is 4.79 Å². The number of ketones is 1. The Bertz CT molecular complexity index is 400. The molecule has 0 unspecified atom stereocenters. The third-order valence-corrected chi connectivity index (χ3v) is 2.70. The number of aryl methyl sites for hydroxylation is 1. The minimum absolute atomic E-state index is 0.140. The van der Waals surface area contributed by atoms with E-state index < -0.39 is 0 Å². The normalized spacial score (nSPS) is 10.6. The van der Waals surface area contributed by atoms with Crippen LogP contribution in [0.5, 0.6) is 0 Å². The lowest BCUT2D eigenvalue weighted by atomic mass is 9.91. The van der Waals surface area contributed by atoms with Gasteiger partial charge in [-0.05, 0) is 43.9 Å². The van der Waals surface area contributed by atoms with Crippen LogP contribution in [0.3, 0.4) is 0 Å². The molecule has 0 aromatic heterocycles. The molecule has 1 aromatic carbocycles. The van der Waals surface area contributed by atoms with Crippen molar-refractivity contribution in [1.29, 1.82) is 0 Å². The van der Waals surface area contributed by atoms with E-state index in [1.807, 2.05) is 32.9 Å². The molecule has 0 amide bonds. The first-order valence-electron chi connectivity index (χ1n) is 6.37. The van der Waals surface area contributed by atoms with Gasteiger partial charge in [0.05, 0.1) is 0 Å². The largest absolute Gasteiger partial charge is 0.294 e. The molecule has 0 aliphatic heterocycles. The molecule has 0 heterocycles. The number of Topliss-reactive ketones (excluding diaryl/α,β-unsaturated/α-hetero) is 1. The molecule has 0 atom stereocenters. The molecular formula is C16H24O. The molecule has 0 fully saturated rings.